The van der Waals surface area contributed by atoms with Crippen LogP contribution in [-0.4, -0.2) is 57.3 Å². The van der Waals surface area contributed by atoms with Gasteiger partial charge in [0.1, 0.15) is 12.4 Å². The summed E-state index contributed by atoms with van der Waals surface area (Å²) in [7, 11) is 1.40. The third-order valence-electron chi connectivity index (χ3n) is 6.27. The molecule has 0 aromatic heterocycles. The molecule has 0 bridgehead atoms. The number of hydrogen-bond acceptors (Lipinski definition) is 5. The number of likely N-dealkylation sites (tertiary alicyclic amines) is 1. The van der Waals surface area contributed by atoms with Gasteiger partial charge in [-0.1, -0.05) is 61.0 Å². The van der Waals surface area contributed by atoms with Crippen LogP contribution in [-0.2, 0) is 4.74 Å². The fourth-order valence-corrected chi connectivity index (χ4v) is 4.37. The summed E-state index contributed by atoms with van der Waals surface area (Å²) >= 11 is 0. The van der Waals surface area contributed by atoms with Gasteiger partial charge < -0.3 is 19.7 Å². The maximum absolute atomic E-state index is 11.7. The number of fused-ring (bicyclic) bond motifs is 1. The lowest BCUT2D eigenvalue weighted by atomic mass is 10.1. The largest absolute Gasteiger partial charge is 0.489 e. The second kappa shape index (κ2) is 12.4. The van der Waals surface area contributed by atoms with Crippen molar-refractivity contribution in [3.63, 3.8) is 0 Å². The Morgan fingerprint density at radius 1 is 0.971 bits per heavy atom. The van der Waals surface area contributed by atoms with E-state index in [1.54, 1.807) is 12.1 Å². The molecule has 1 fully saturated rings. The average molecular weight is 459 g/mol. The van der Waals surface area contributed by atoms with Crippen LogP contribution in [0.5, 0.6) is 5.75 Å². The first-order valence-corrected chi connectivity index (χ1v) is 12.1. The first-order valence-electron chi connectivity index (χ1n) is 12.1. The average Bonchev–Trinajstić information content (AvgIpc) is 2.90. The van der Waals surface area contributed by atoms with Crippen molar-refractivity contribution in [2.24, 2.45) is 0 Å². The Labute approximate surface area is 202 Å². The van der Waals surface area contributed by atoms with Gasteiger partial charge in [0.25, 0.3) is 0 Å². The molecular formula is C29H34N2O3. The standard InChI is InChI=1S/C29H34N2O3/c1-33-29(32)26-14-12-23(13-15-26)20-24(21-30-16-19-31-17-5-2-6-18-31)22-34-28-11-7-9-25-8-3-4-10-27(25)28/h3-4,7-15,20,30H,2,5-6,16-19,21-22H2,1H3/b24-20-. The van der Waals surface area contributed by atoms with Gasteiger partial charge in [-0.05, 0) is 60.7 Å². The highest BCUT2D eigenvalue weighted by atomic mass is 16.5. The van der Waals surface area contributed by atoms with Gasteiger partial charge in [-0.15, -0.1) is 0 Å². The van der Waals surface area contributed by atoms with Gasteiger partial charge in [-0.2, -0.15) is 0 Å². The highest BCUT2D eigenvalue weighted by Crippen LogP contribution is 2.25. The van der Waals surface area contributed by atoms with Crippen molar-refractivity contribution < 1.29 is 14.3 Å². The smallest absolute Gasteiger partial charge is 0.337 e. The molecular weight excluding hydrogens is 424 g/mol. The zero-order valence-electron chi connectivity index (χ0n) is 20.0. The van der Waals surface area contributed by atoms with Crippen molar-refractivity contribution in [1.82, 2.24) is 10.2 Å². The molecule has 34 heavy (non-hydrogen) atoms. The predicted octanol–water partition coefficient (Wildman–Crippen LogP) is 5.16. The van der Waals surface area contributed by atoms with Gasteiger partial charge in [0.2, 0.25) is 0 Å². The van der Waals surface area contributed by atoms with E-state index in [2.05, 4.69) is 34.5 Å². The van der Waals surface area contributed by atoms with Gasteiger partial charge in [0.15, 0.2) is 0 Å². The first-order chi connectivity index (χ1) is 16.7. The van der Waals surface area contributed by atoms with Crippen molar-refractivity contribution in [3.05, 3.63) is 83.4 Å². The fourth-order valence-electron chi connectivity index (χ4n) is 4.37. The second-order valence-electron chi connectivity index (χ2n) is 8.76. The van der Waals surface area contributed by atoms with Crippen molar-refractivity contribution >= 4 is 22.8 Å². The molecule has 1 aliphatic heterocycles. The molecule has 0 aliphatic carbocycles. The normalized spacial score (nSPS) is 14.8. The number of nitrogens with zero attached hydrogens (tertiary/aromatic N) is 1. The molecule has 1 aliphatic rings. The SMILES string of the molecule is COC(=O)c1ccc(/C=C(/CNCCN2CCCCC2)COc2cccc3ccccc23)cc1. The number of rotatable bonds is 10. The first kappa shape index (κ1) is 24.0. The summed E-state index contributed by atoms with van der Waals surface area (Å²) in [5, 5.41) is 5.89. The minimum absolute atomic E-state index is 0.325. The lowest BCUT2D eigenvalue weighted by Gasteiger charge is -2.26. The van der Waals surface area contributed by atoms with Crippen LogP contribution in [0.15, 0.2) is 72.3 Å². The van der Waals surface area contributed by atoms with E-state index in [1.807, 2.05) is 36.4 Å². The summed E-state index contributed by atoms with van der Waals surface area (Å²) < 4.78 is 11.1. The Hall–Kier alpha value is -3.15. The maximum Gasteiger partial charge on any atom is 0.337 e. The molecule has 0 radical (unpaired) electrons. The second-order valence-corrected chi connectivity index (χ2v) is 8.76. The lowest BCUT2D eigenvalue weighted by molar-refractivity contribution is 0.0600. The lowest BCUT2D eigenvalue weighted by Crippen LogP contribution is -2.36. The highest BCUT2D eigenvalue weighted by molar-refractivity contribution is 5.89. The molecule has 0 unspecified atom stereocenters. The molecule has 0 spiro atoms. The number of benzene rings is 3. The molecule has 0 saturated carbocycles. The molecule has 3 aromatic rings. The molecule has 0 amide bonds. The molecule has 0 atom stereocenters. The van der Waals surface area contributed by atoms with E-state index in [9.17, 15) is 4.79 Å². The highest BCUT2D eigenvalue weighted by Gasteiger charge is 2.10. The molecule has 178 valence electrons. The molecule has 5 nitrogen and oxygen atoms in total. The van der Waals surface area contributed by atoms with Crippen LogP contribution in [0.2, 0.25) is 0 Å². The van der Waals surface area contributed by atoms with E-state index in [1.165, 1.54) is 44.8 Å². The summed E-state index contributed by atoms with van der Waals surface area (Å²) in [6.45, 7) is 5.68. The molecule has 4 rings (SSSR count). The van der Waals surface area contributed by atoms with Crippen molar-refractivity contribution in [1.29, 1.82) is 0 Å². The quantitative estimate of drug-likeness (QED) is 0.336. The molecule has 1 N–H and O–H groups in total. The van der Waals surface area contributed by atoms with E-state index in [4.69, 9.17) is 9.47 Å². The Morgan fingerprint density at radius 3 is 2.53 bits per heavy atom. The van der Waals surface area contributed by atoms with Crippen LogP contribution in [0.1, 0.15) is 35.2 Å². The number of ether oxygens (including phenoxy) is 2. The molecule has 3 aromatic carbocycles. The summed E-state index contributed by atoms with van der Waals surface area (Å²) in [6, 6.07) is 21.9. The number of carbonyl (C=O) groups excluding carboxylic acids is 1. The van der Waals surface area contributed by atoms with Crippen LogP contribution in [0.25, 0.3) is 16.8 Å². The topological polar surface area (TPSA) is 50.8 Å². The molecule has 5 heteroatoms. The van der Waals surface area contributed by atoms with Crippen molar-refractivity contribution in [3.8, 4) is 5.75 Å². The van der Waals surface area contributed by atoms with Crippen LogP contribution < -0.4 is 10.1 Å². The molecule has 1 heterocycles. The third-order valence-corrected chi connectivity index (χ3v) is 6.27. The van der Waals surface area contributed by atoms with Crippen LogP contribution >= 0.6 is 0 Å². The van der Waals surface area contributed by atoms with E-state index in [0.717, 1.165) is 41.9 Å². The number of methoxy groups -OCH3 is 1. The minimum Gasteiger partial charge on any atom is -0.489 e. The number of piperidine rings is 1. The summed E-state index contributed by atoms with van der Waals surface area (Å²) in [4.78, 5) is 14.3. The number of carbonyl (C=O) groups is 1. The predicted molar refractivity (Wildman–Crippen MR) is 138 cm³/mol. The van der Waals surface area contributed by atoms with Crippen LogP contribution in [0.3, 0.4) is 0 Å². The fraction of sp³-hybridized carbons (Fsp3) is 0.345. The van der Waals surface area contributed by atoms with E-state index in [-0.39, 0.29) is 5.97 Å². The monoisotopic (exact) mass is 458 g/mol. The minimum atomic E-state index is -0.325. The van der Waals surface area contributed by atoms with E-state index < -0.39 is 0 Å². The Bertz CT molecular complexity index is 1100. The van der Waals surface area contributed by atoms with Gasteiger partial charge in [-0.3, -0.25) is 0 Å². The Balaban J connectivity index is 1.43. The Kier molecular flexibility index (Phi) is 8.71. The van der Waals surface area contributed by atoms with Gasteiger partial charge >= 0.3 is 5.97 Å². The maximum atomic E-state index is 11.7. The number of nitrogens with one attached hydrogen (secondary N) is 1. The Morgan fingerprint density at radius 2 is 1.74 bits per heavy atom. The van der Waals surface area contributed by atoms with Crippen molar-refractivity contribution in [2.75, 3.05) is 46.4 Å². The van der Waals surface area contributed by atoms with Crippen molar-refractivity contribution in [2.45, 2.75) is 19.3 Å². The molecule has 1 saturated heterocycles. The number of esters is 1. The van der Waals surface area contributed by atoms with Gasteiger partial charge in [-0.25, -0.2) is 4.79 Å². The van der Waals surface area contributed by atoms with Crippen LogP contribution in [0, 0.1) is 0 Å². The van der Waals surface area contributed by atoms with E-state index >= 15 is 0 Å². The van der Waals surface area contributed by atoms with Gasteiger partial charge in [0, 0.05) is 25.0 Å². The van der Waals surface area contributed by atoms with Gasteiger partial charge in [0.05, 0.1) is 12.7 Å². The zero-order chi connectivity index (χ0) is 23.6. The van der Waals surface area contributed by atoms with E-state index in [0.29, 0.717) is 12.2 Å². The third kappa shape index (κ3) is 6.69. The zero-order valence-corrected chi connectivity index (χ0v) is 20.0. The summed E-state index contributed by atoms with van der Waals surface area (Å²) in [6.07, 6.45) is 6.12. The summed E-state index contributed by atoms with van der Waals surface area (Å²) in [5.41, 5.74) is 2.73. The number of hydrogen-bond donors (Lipinski definition) is 1. The van der Waals surface area contributed by atoms with Crippen LogP contribution in [0.4, 0.5) is 0 Å². The summed E-state index contributed by atoms with van der Waals surface area (Å²) in [5.74, 6) is 0.563.